The van der Waals surface area contributed by atoms with Gasteiger partial charge in [-0.25, -0.2) is 4.39 Å². The minimum Gasteiger partial charge on any atom is -0.493 e. The highest BCUT2D eigenvalue weighted by Crippen LogP contribution is 2.20. The van der Waals surface area contributed by atoms with Crippen LogP contribution in [0, 0.1) is 5.82 Å². The van der Waals surface area contributed by atoms with Gasteiger partial charge in [0.05, 0.1) is 18.2 Å². The highest BCUT2D eigenvalue weighted by Gasteiger charge is 2.03. The van der Waals surface area contributed by atoms with E-state index in [-0.39, 0.29) is 5.02 Å². The number of ether oxygens (including phenoxy) is 2. The molecule has 0 saturated carbocycles. The maximum Gasteiger partial charge on any atom is 0.145 e. The van der Waals surface area contributed by atoms with E-state index in [1.807, 2.05) is 24.3 Å². The van der Waals surface area contributed by atoms with E-state index in [0.29, 0.717) is 31.9 Å². The Bertz CT molecular complexity index is 592. The Hall–Kier alpha value is -1.78. The molecule has 21 heavy (non-hydrogen) atoms. The molecule has 0 amide bonds. The molecule has 0 aliphatic heterocycles. The summed E-state index contributed by atoms with van der Waals surface area (Å²) in [4.78, 5) is 0. The summed E-state index contributed by atoms with van der Waals surface area (Å²) < 4.78 is 24.3. The summed E-state index contributed by atoms with van der Waals surface area (Å²) in [5.41, 5.74) is 6.60. The van der Waals surface area contributed by atoms with E-state index in [1.165, 1.54) is 12.1 Å². The second-order valence-electron chi connectivity index (χ2n) is 4.44. The van der Waals surface area contributed by atoms with E-state index in [1.54, 1.807) is 6.07 Å². The first-order chi connectivity index (χ1) is 10.2. The molecular weight excluding hydrogens is 293 g/mol. The Morgan fingerprint density at radius 3 is 2.57 bits per heavy atom. The Morgan fingerprint density at radius 1 is 1.05 bits per heavy atom. The second kappa shape index (κ2) is 7.86. The molecule has 0 spiro atoms. The van der Waals surface area contributed by atoms with E-state index >= 15 is 0 Å². The molecule has 0 aliphatic carbocycles. The van der Waals surface area contributed by atoms with Gasteiger partial charge in [0.15, 0.2) is 0 Å². The minimum absolute atomic E-state index is 0.0871. The van der Waals surface area contributed by atoms with Crippen LogP contribution >= 0.6 is 11.6 Å². The van der Waals surface area contributed by atoms with Crippen LogP contribution in [0.15, 0.2) is 42.5 Å². The summed E-state index contributed by atoms with van der Waals surface area (Å²) in [6.07, 6.45) is 0.684. The number of hydrogen-bond donors (Lipinski definition) is 1. The number of benzene rings is 2. The van der Waals surface area contributed by atoms with E-state index in [4.69, 9.17) is 26.8 Å². The second-order valence-corrected chi connectivity index (χ2v) is 4.85. The molecule has 0 atom stereocenters. The molecule has 5 heteroatoms. The van der Waals surface area contributed by atoms with Crippen LogP contribution in [0.3, 0.4) is 0 Å². The predicted octanol–water partition coefficient (Wildman–Crippen LogP) is 3.79. The molecule has 0 heterocycles. The van der Waals surface area contributed by atoms with Gasteiger partial charge >= 0.3 is 0 Å². The van der Waals surface area contributed by atoms with E-state index in [9.17, 15) is 4.39 Å². The number of hydrogen-bond acceptors (Lipinski definition) is 3. The van der Waals surface area contributed by atoms with Crippen molar-refractivity contribution in [1.82, 2.24) is 0 Å². The van der Waals surface area contributed by atoms with Crippen molar-refractivity contribution in [3.8, 4) is 11.5 Å². The van der Waals surface area contributed by atoms with Gasteiger partial charge in [0, 0.05) is 24.6 Å². The van der Waals surface area contributed by atoms with Gasteiger partial charge in [-0.2, -0.15) is 0 Å². The molecule has 2 aromatic carbocycles. The largest absolute Gasteiger partial charge is 0.493 e. The Kier molecular flexibility index (Phi) is 5.84. The van der Waals surface area contributed by atoms with E-state index in [0.717, 1.165) is 11.3 Å². The van der Waals surface area contributed by atoms with E-state index in [2.05, 4.69) is 0 Å². The first-order valence-electron chi connectivity index (χ1n) is 6.69. The number of halogens is 2. The summed E-state index contributed by atoms with van der Waals surface area (Å²) in [5, 5.41) is 0.0871. The molecule has 0 fully saturated rings. The van der Waals surface area contributed by atoms with Gasteiger partial charge in [0.25, 0.3) is 0 Å². The van der Waals surface area contributed by atoms with Crippen molar-refractivity contribution in [3.63, 3.8) is 0 Å². The van der Waals surface area contributed by atoms with Crippen LogP contribution in [0.25, 0.3) is 0 Å². The van der Waals surface area contributed by atoms with Crippen molar-refractivity contribution in [3.05, 3.63) is 58.9 Å². The van der Waals surface area contributed by atoms with Crippen LogP contribution in [-0.2, 0) is 6.54 Å². The summed E-state index contributed by atoms with van der Waals surface area (Å²) >= 11 is 5.60. The third-order valence-electron chi connectivity index (χ3n) is 2.90. The lowest BCUT2D eigenvalue weighted by atomic mass is 10.2. The SMILES string of the molecule is NCc1ccccc1OCCCOc1ccc(Cl)c(F)c1. The van der Waals surface area contributed by atoms with Gasteiger partial charge < -0.3 is 15.2 Å². The average Bonchev–Trinajstić information content (AvgIpc) is 2.51. The molecule has 0 aromatic heterocycles. The summed E-state index contributed by atoms with van der Waals surface area (Å²) in [6, 6.07) is 12.0. The Morgan fingerprint density at radius 2 is 1.81 bits per heavy atom. The molecular formula is C16H17ClFNO2. The van der Waals surface area contributed by atoms with Crippen molar-refractivity contribution in [2.75, 3.05) is 13.2 Å². The van der Waals surface area contributed by atoms with Crippen LogP contribution in [0.4, 0.5) is 4.39 Å². The van der Waals surface area contributed by atoms with Crippen LogP contribution < -0.4 is 15.2 Å². The zero-order valence-electron chi connectivity index (χ0n) is 11.5. The van der Waals surface area contributed by atoms with Crippen molar-refractivity contribution < 1.29 is 13.9 Å². The molecule has 112 valence electrons. The zero-order chi connectivity index (χ0) is 15.1. The van der Waals surface area contributed by atoms with Crippen LogP contribution in [0.2, 0.25) is 5.02 Å². The fourth-order valence-electron chi connectivity index (χ4n) is 1.81. The van der Waals surface area contributed by atoms with Crippen molar-refractivity contribution in [2.24, 2.45) is 5.73 Å². The van der Waals surface area contributed by atoms with Gasteiger partial charge in [-0.1, -0.05) is 29.8 Å². The fourth-order valence-corrected chi connectivity index (χ4v) is 1.93. The Balaban J connectivity index is 1.73. The number of nitrogens with two attached hydrogens (primary N) is 1. The third kappa shape index (κ3) is 4.62. The van der Waals surface area contributed by atoms with Gasteiger partial charge in [-0.3, -0.25) is 0 Å². The van der Waals surface area contributed by atoms with Crippen LogP contribution in [-0.4, -0.2) is 13.2 Å². The van der Waals surface area contributed by atoms with Gasteiger partial charge in [0.2, 0.25) is 0 Å². The summed E-state index contributed by atoms with van der Waals surface area (Å²) in [5.74, 6) is 0.763. The van der Waals surface area contributed by atoms with Crippen molar-refractivity contribution >= 4 is 11.6 Å². The van der Waals surface area contributed by atoms with Crippen LogP contribution in [0.1, 0.15) is 12.0 Å². The lowest BCUT2D eigenvalue weighted by Gasteiger charge is -2.11. The summed E-state index contributed by atoms with van der Waals surface area (Å²) in [6.45, 7) is 1.38. The monoisotopic (exact) mass is 309 g/mol. The highest BCUT2D eigenvalue weighted by molar-refractivity contribution is 6.30. The molecule has 0 unspecified atom stereocenters. The lowest BCUT2D eigenvalue weighted by molar-refractivity contribution is 0.245. The first-order valence-corrected chi connectivity index (χ1v) is 7.07. The van der Waals surface area contributed by atoms with Crippen LogP contribution in [0.5, 0.6) is 11.5 Å². The van der Waals surface area contributed by atoms with Gasteiger partial charge in [-0.15, -0.1) is 0 Å². The maximum absolute atomic E-state index is 13.2. The molecule has 0 radical (unpaired) electrons. The molecule has 0 aliphatic rings. The van der Waals surface area contributed by atoms with Crippen molar-refractivity contribution in [1.29, 1.82) is 0 Å². The molecule has 0 saturated heterocycles. The van der Waals surface area contributed by atoms with Crippen molar-refractivity contribution in [2.45, 2.75) is 13.0 Å². The molecule has 2 aromatic rings. The predicted molar refractivity (Wildman–Crippen MR) is 81.4 cm³/mol. The molecule has 2 rings (SSSR count). The number of para-hydroxylation sites is 1. The normalized spacial score (nSPS) is 10.4. The average molecular weight is 310 g/mol. The minimum atomic E-state index is -0.484. The van der Waals surface area contributed by atoms with Gasteiger partial charge in [0.1, 0.15) is 17.3 Å². The number of rotatable bonds is 7. The zero-order valence-corrected chi connectivity index (χ0v) is 12.3. The third-order valence-corrected chi connectivity index (χ3v) is 3.21. The molecule has 2 N–H and O–H groups in total. The molecule has 0 bridgehead atoms. The quantitative estimate of drug-likeness (QED) is 0.792. The standard InChI is InChI=1S/C16H17ClFNO2/c17-14-7-6-13(10-15(14)18)20-8-3-9-21-16-5-2-1-4-12(16)11-19/h1-2,4-7,10H,3,8-9,11,19H2. The highest BCUT2D eigenvalue weighted by atomic mass is 35.5. The summed E-state index contributed by atoms with van der Waals surface area (Å²) in [7, 11) is 0. The van der Waals surface area contributed by atoms with Gasteiger partial charge in [-0.05, 0) is 18.2 Å². The topological polar surface area (TPSA) is 44.5 Å². The lowest BCUT2D eigenvalue weighted by Crippen LogP contribution is -2.07. The Labute approximate surface area is 128 Å². The maximum atomic E-state index is 13.2. The first kappa shape index (κ1) is 15.6. The fraction of sp³-hybridized carbons (Fsp3) is 0.250. The smallest absolute Gasteiger partial charge is 0.145 e. The molecule has 3 nitrogen and oxygen atoms in total. The van der Waals surface area contributed by atoms with E-state index < -0.39 is 5.82 Å².